The molecule has 0 spiro atoms. The Bertz CT molecular complexity index is 316. The van der Waals surface area contributed by atoms with E-state index in [1.165, 1.54) is 4.90 Å². The van der Waals surface area contributed by atoms with Crippen molar-refractivity contribution in [3.05, 3.63) is 0 Å². The summed E-state index contributed by atoms with van der Waals surface area (Å²) in [6, 6.07) is 0. The van der Waals surface area contributed by atoms with Crippen LogP contribution in [0.5, 0.6) is 0 Å². The maximum atomic E-state index is 11.9. The van der Waals surface area contributed by atoms with Crippen molar-refractivity contribution in [1.82, 2.24) is 10.2 Å². The normalized spacial score (nSPS) is 16.6. The molecule has 0 saturated heterocycles. The summed E-state index contributed by atoms with van der Waals surface area (Å²) in [5.41, 5.74) is 5.69. The third-order valence-corrected chi connectivity index (χ3v) is 3.51. The number of ether oxygens (including phenoxy) is 1. The van der Waals surface area contributed by atoms with Crippen molar-refractivity contribution in [3.8, 4) is 0 Å². The number of nitrogens with one attached hydrogen (secondary N) is 1. The molecule has 0 aromatic carbocycles. The molecule has 0 heterocycles. The Kier molecular flexibility index (Phi) is 6.24. The molecule has 0 aromatic heterocycles. The number of carbonyl (C=O) groups excluding carboxylic acids is 2. The molecule has 110 valence electrons. The summed E-state index contributed by atoms with van der Waals surface area (Å²) in [4.78, 5) is 24.9. The van der Waals surface area contributed by atoms with Crippen LogP contribution < -0.4 is 11.1 Å². The molecule has 1 aliphatic carbocycles. The van der Waals surface area contributed by atoms with E-state index in [9.17, 15) is 9.59 Å². The molecule has 1 rings (SSSR count). The Morgan fingerprint density at radius 2 is 2.11 bits per heavy atom. The third-order valence-electron chi connectivity index (χ3n) is 3.51. The summed E-state index contributed by atoms with van der Waals surface area (Å²) in [6.45, 7) is 1.27. The van der Waals surface area contributed by atoms with Crippen LogP contribution in [0.1, 0.15) is 32.1 Å². The lowest BCUT2D eigenvalue weighted by Crippen LogP contribution is -2.51. The fourth-order valence-electron chi connectivity index (χ4n) is 2.05. The molecule has 0 bridgehead atoms. The molecular formula is C13H25N3O3. The van der Waals surface area contributed by atoms with Gasteiger partial charge in [-0.1, -0.05) is 0 Å². The molecule has 0 atom stereocenters. The van der Waals surface area contributed by atoms with Gasteiger partial charge in [0.2, 0.25) is 11.8 Å². The molecule has 0 unspecified atom stereocenters. The molecule has 19 heavy (non-hydrogen) atoms. The standard InChI is InChI=1S/C13H25N3O3/c1-16(10-11(17)15-7-4-8-19-2)12(18)9-13(14)5-3-6-13/h3-10,14H2,1-2H3,(H,15,17). The van der Waals surface area contributed by atoms with Gasteiger partial charge in [-0.25, -0.2) is 0 Å². The average Bonchev–Trinajstić information content (AvgIpc) is 2.32. The number of hydrogen-bond donors (Lipinski definition) is 2. The van der Waals surface area contributed by atoms with E-state index in [0.29, 0.717) is 19.6 Å². The van der Waals surface area contributed by atoms with Crippen molar-refractivity contribution in [3.63, 3.8) is 0 Å². The number of hydrogen-bond acceptors (Lipinski definition) is 4. The Labute approximate surface area is 114 Å². The molecule has 6 heteroatoms. The third kappa shape index (κ3) is 5.57. The van der Waals surface area contributed by atoms with Gasteiger partial charge in [0.1, 0.15) is 0 Å². The number of nitrogens with zero attached hydrogens (tertiary/aromatic N) is 1. The highest BCUT2D eigenvalue weighted by molar-refractivity contribution is 5.85. The minimum Gasteiger partial charge on any atom is -0.385 e. The van der Waals surface area contributed by atoms with E-state index in [2.05, 4.69) is 5.32 Å². The van der Waals surface area contributed by atoms with Crippen molar-refractivity contribution in [2.24, 2.45) is 5.73 Å². The monoisotopic (exact) mass is 271 g/mol. The van der Waals surface area contributed by atoms with Crippen molar-refractivity contribution in [2.75, 3.05) is 33.9 Å². The van der Waals surface area contributed by atoms with Crippen LogP contribution in [-0.4, -0.2) is 56.1 Å². The highest BCUT2D eigenvalue weighted by Crippen LogP contribution is 2.32. The molecule has 1 aliphatic rings. The zero-order chi connectivity index (χ0) is 14.3. The fourth-order valence-corrected chi connectivity index (χ4v) is 2.05. The van der Waals surface area contributed by atoms with Gasteiger partial charge in [0, 0.05) is 39.3 Å². The van der Waals surface area contributed by atoms with Crippen molar-refractivity contribution in [2.45, 2.75) is 37.6 Å². The van der Waals surface area contributed by atoms with Gasteiger partial charge in [-0.15, -0.1) is 0 Å². The zero-order valence-electron chi connectivity index (χ0n) is 11.9. The van der Waals surface area contributed by atoms with E-state index >= 15 is 0 Å². The predicted molar refractivity (Wildman–Crippen MR) is 72.5 cm³/mol. The summed E-state index contributed by atoms with van der Waals surface area (Å²) in [6.07, 6.45) is 3.99. The topological polar surface area (TPSA) is 84.7 Å². The Balaban J connectivity index is 2.19. The SMILES string of the molecule is COCCCNC(=O)CN(C)C(=O)CC1(N)CCC1. The summed E-state index contributed by atoms with van der Waals surface area (Å²) in [5, 5.41) is 2.75. The zero-order valence-corrected chi connectivity index (χ0v) is 11.9. The lowest BCUT2D eigenvalue weighted by Gasteiger charge is -2.38. The van der Waals surface area contributed by atoms with Crippen LogP contribution in [0.4, 0.5) is 0 Å². The number of likely N-dealkylation sites (N-methyl/N-ethyl adjacent to an activating group) is 1. The van der Waals surface area contributed by atoms with E-state index in [1.807, 2.05) is 0 Å². The first-order chi connectivity index (χ1) is 8.97. The van der Waals surface area contributed by atoms with Gasteiger partial charge in [0.25, 0.3) is 0 Å². The van der Waals surface area contributed by atoms with Crippen molar-refractivity contribution < 1.29 is 14.3 Å². The van der Waals surface area contributed by atoms with Gasteiger partial charge in [-0.3, -0.25) is 9.59 Å². The van der Waals surface area contributed by atoms with Crippen LogP contribution in [0.2, 0.25) is 0 Å². The summed E-state index contributed by atoms with van der Waals surface area (Å²) < 4.78 is 4.89. The number of amides is 2. The lowest BCUT2D eigenvalue weighted by atomic mass is 9.75. The molecule has 1 fully saturated rings. The van der Waals surface area contributed by atoms with Gasteiger partial charge in [0.15, 0.2) is 0 Å². The van der Waals surface area contributed by atoms with E-state index in [0.717, 1.165) is 25.7 Å². The van der Waals surface area contributed by atoms with E-state index in [1.54, 1.807) is 14.2 Å². The maximum absolute atomic E-state index is 11.9. The Morgan fingerprint density at radius 3 is 2.63 bits per heavy atom. The first-order valence-corrected chi connectivity index (χ1v) is 6.75. The van der Waals surface area contributed by atoms with Crippen LogP contribution in [0.3, 0.4) is 0 Å². The van der Waals surface area contributed by atoms with Gasteiger partial charge in [0.05, 0.1) is 6.54 Å². The molecule has 3 N–H and O–H groups in total. The van der Waals surface area contributed by atoms with Crippen LogP contribution in [0, 0.1) is 0 Å². The molecule has 0 aliphatic heterocycles. The second-order valence-electron chi connectivity index (χ2n) is 5.34. The molecule has 2 amide bonds. The highest BCUT2D eigenvalue weighted by atomic mass is 16.5. The fraction of sp³-hybridized carbons (Fsp3) is 0.846. The minimum atomic E-state index is -0.333. The van der Waals surface area contributed by atoms with E-state index in [4.69, 9.17) is 10.5 Å². The van der Waals surface area contributed by atoms with E-state index in [-0.39, 0.29) is 23.9 Å². The molecule has 1 saturated carbocycles. The first-order valence-electron chi connectivity index (χ1n) is 6.75. The average molecular weight is 271 g/mol. The number of carbonyl (C=O) groups is 2. The molecule has 0 radical (unpaired) electrons. The minimum absolute atomic E-state index is 0.0609. The summed E-state index contributed by atoms with van der Waals surface area (Å²) >= 11 is 0. The largest absolute Gasteiger partial charge is 0.385 e. The predicted octanol–water partition coefficient (Wildman–Crippen LogP) is -0.131. The van der Waals surface area contributed by atoms with Gasteiger partial charge in [-0.05, 0) is 25.7 Å². The molecule has 0 aromatic rings. The lowest BCUT2D eigenvalue weighted by molar-refractivity contribution is -0.136. The quantitative estimate of drug-likeness (QED) is 0.602. The van der Waals surface area contributed by atoms with Gasteiger partial charge < -0.3 is 20.7 Å². The second kappa shape index (κ2) is 7.45. The van der Waals surface area contributed by atoms with Crippen LogP contribution in [0.15, 0.2) is 0 Å². The number of rotatable bonds is 8. The Morgan fingerprint density at radius 1 is 1.42 bits per heavy atom. The van der Waals surface area contributed by atoms with Gasteiger partial charge >= 0.3 is 0 Å². The first kappa shape index (κ1) is 15.9. The van der Waals surface area contributed by atoms with Gasteiger partial charge in [-0.2, -0.15) is 0 Å². The summed E-state index contributed by atoms with van der Waals surface area (Å²) in [7, 11) is 3.26. The van der Waals surface area contributed by atoms with Crippen molar-refractivity contribution in [1.29, 1.82) is 0 Å². The van der Waals surface area contributed by atoms with Crippen LogP contribution >= 0.6 is 0 Å². The number of methoxy groups -OCH3 is 1. The van der Waals surface area contributed by atoms with E-state index < -0.39 is 0 Å². The highest BCUT2D eigenvalue weighted by Gasteiger charge is 2.35. The van der Waals surface area contributed by atoms with Crippen LogP contribution in [-0.2, 0) is 14.3 Å². The van der Waals surface area contributed by atoms with Crippen LogP contribution in [0.25, 0.3) is 0 Å². The second-order valence-corrected chi connectivity index (χ2v) is 5.34. The van der Waals surface area contributed by atoms with Crippen molar-refractivity contribution >= 4 is 11.8 Å². The molecular weight excluding hydrogens is 246 g/mol. The maximum Gasteiger partial charge on any atom is 0.239 e. The molecule has 6 nitrogen and oxygen atoms in total. The summed E-state index contributed by atoms with van der Waals surface area (Å²) in [5.74, 6) is -0.208. The Hall–Kier alpha value is -1.14. The number of nitrogens with two attached hydrogens (primary N) is 1. The smallest absolute Gasteiger partial charge is 0.239 e.